The van der Waals surface area contributed by atoms with Crippen LogP contribution in [-0.2, 0) is 9.59 Å². The van der Waals surface area contributed by atoms with E-state index in [4.69, 9.17) is 11.6 Å². The summed E-state index contributed by atoms with van der Waals surface area (Å²) in [7, 11) is 0. The number of halogens is 1. The molecule has 5 rings (SSSR count). The SMILES string of the molecule is Cc1c(Cl)cccc1N1C(=O)C2C(c3ccccc3)C=CC(c3ccccc3)C2C1=O. The monoisotopic (exact) mass is 427 g/mol. The Morgan fingerprint density at radius 1 is 0.677 bits per heavy atom. The van der Waals surface area contributed by atoms with E-state index in [1.807, 2.05) is 67.6 Å². The molecular weight excluding hydrogens is 406 g/mol. The topological polar surface area (TPSA) is 37.4 Å². The van der Waals surface area contributed by atoms with Crippen molar-refractivity contribution in [1.29, 1.82) is 0 Å². The van der Waals surface area contributed by atoms with Crippen molar-refractivity contribution < 1.29 is 9.59 Å². The summed E-state index contributed by atoms with van der Waals surface area (Å²) in [6, 6.07) is 25.3. The number of amides is 2. The Bertz CT molecular complexity index is 1100. The minimum Gasteiger partial charge on any atom is -0.274 e. The van der Waals surface area contributed by atoms with Gasteiger partial charge >= 0.3 is 0 Å². The molecule has 1 fully saturated rings. The molecule has 0 N–H and O–H groups in total. The van der Waals surface area contributed by atoms with Gasteiger partial charge < -0.3 is 0 Å². The number of carbonyl (C=O) groups is 2. The van der Waals surface area contributed by atoms with Gasteiger partial charge in [0, 0.05) is 16.9 Å². The van der Waals surface area contributed by atoms with Gasteiger partial charge in [0.1, 0.15) is 0 Å². The second-order valence-electron chi connectivity index (χ2n) is 8.21. The number of imide groups is 1. The Morgan fingerprint density at radius 2 is 1.16 bits per heavy atom. The van der Waals surface area contributed by atoms with Gasteiger partial charge in [-0.3, -0.25) is 9.59 Å². The molecule has 2 amide bonds. The highest BCUT2D eigenvalue weighted by molar-refractivity contribution is 6.32. The molecule has 4 atom stereocenters. The van der Waals surface area contributed by atoms with Crippen molar-refractivity contribution in [3.63, 3.8) is 0 Å². The van der Waals surface area contributed by atoms with Crippen LogP contribution in [0.25, 0.3) is 0 Å². The van der Waals surface area contributed by atoms with Crippen LogP contribution in [-0.4, -0.2) is 11.8 Å². The molecule has 31 heavy (non-hydrogen) atoms. The maximum atomic E-state index is 13.8. The number of hydrogen-bond acceptors (Lipinski definition) is 2. The van der Waals surface area contributed by atoms with Gasteiger partial charge in [0.15, 0.2) is 0 Å². The minimum atomic E-state index is -0.455. The van der Waals surface area contributed by atoms with Gasteiger partial charge in [0.05, 0.1) is 17.5 Å². The number of fused-ring (bicyclic) bond motifs is 1. The summed E-state index contributed by atoms with van der Waals surface area (Å²) in [6.07, 6.45) is 4.21. The molecule has 3 aromatic carbocycles. The number of hydrogen-bond donors (Lipinski definition) is 0. The second-order valence-corrected chi connectivity index (χ2v) is 8.61. The van der Waals surface area contributed by atoms with Crippen molar-refractivity contribution in [3.8, 4) is 0 Å². The van der Waals surface area contributed by atoms with E-state index < -0.39 is 11.8 Å². The van der Waals surface area contributed by atoms with Crippen LogP contribution in [0.15, 0.2) is 91.0 Å². The lowest BCUT2D eigenvalue weighted by Gasteiger charge is -2.32. The number of benzene rings is 3. The zero-order valence-electron chi connectivity index (χ0n) is 17.1. The molecule has 1 aliphatic carbocycles. The molecule has 0 saturated carbocycles. The second kappa shape index (κ2) is 7.82. The largest absolute Gasteiger partial charge is 0.274 e. The fraction of sp³-hybridized carbons (Fsp3) is 0.185. The molecule has 0 bridgehead atoms. The Balaban J connectivity index is 1.65. The molecular formula is C27H22ClNO2. The standard InChI is InChI=1S/C27H22ClNO2/c1-17-22(28)13-8-14-23(17)29-26(30)24-20(18-9-4-2-5-10-18)15-16-21(25(24)27(29)31)19-11-6-3-7-12-19/h2-16,20-21,24-25H,1H3. The van der Waals surface area contributed by atoms with E-state index in [1.165, 1.54) is 4.90 Å². The van der Waals surface area contributed by atoms with Crippen molar-refractivity contribution >= 4 is 29.1 Å². The van der Waals surface area contributed by atoms with Gasteiger partial charge in [-0.2, -0.15) is 0 Å². The van der Waals surface area contributed by atoms with Crippen molar-refractivity contribution in [1.82, 2.24) is 0 Å². The predicted octanol–water partition coefficient (Wildman–Crippen LogP) is 5.89. The van der Waals surface area contributed by atoms with E-state index in [0.717, 1.165) is 16.7 Å². The highest BCUT2D eigenvalue weighted by Crippen LogP contribution is 2.50. The first kappa shape index (κ1) is 19.8. The molecule has 0 spiro atoms. The Morgan fingerprint density at radius 3 is 1.65 bits per heavy atom. The lowest BCUT2D eigenvalue weighted by atomic mass is 9.68. The first-order valence-corrected chi connectivity index (χ1v) is 10.9. The number of rotatable bonds is 3. The van der Waals surface area contributed by atoms with Gasteiger partial charge in [-0.25, -0.2) is 4.90 Å². The molecule has 2 aliphatic rings. The number of nitrogens with zero attached hydrogens (tertiary/aromatic N) is 1. The van der Waals surface area contributed by atoms with Crippen LogP contribution in [0.5, 0.6) is 0 Å². The van der Waals surface area contributed by atoms with E-state index >= 15 is 0 Å². The van der Waals surface area contributed by atoms with Crippen LogP contribution in [0.3, 0.4) is 0 Å². The van der Waals surface area contributed by atoms with Gasteiger partial charge in [-0.05, 0) is 35.7 Å². The molecule has 3 nitrogen and oxygen atoms in total. The average molecular weight is 428 g/mol. The normalized spacial score (nSPS) is 25.0. The van der Waals surface area contributed by atoms with E-state index in [9.17, 15) is 9.59 Å². The molecule has 0 radical (unpaired) electrons. The van der Waals surface area contributed by atoms with Crippen LogP contribution in [0, 0.1) is 18.8 Å². The maximum Gasteiger partial charge on any atom is 0.238 e. The Kier molecular flexibility index (Phi) is 4.99. The maximum absolute atomic E-state index is 13.8. The van der Waals surface area contributed by atoms with Crippen LogP contribution in [0.2, 0.25) is 5.02 Å². The minimum absolute atomic E-state index is 0.146. The first-order chi connectivity index (χ1) is 15.1. The van der Waals surface area contributed by atoms with E-state index in [1.54, 1.807) is 18.2 Å². The third-order valence-electron chi connectivity index (χ3n) is 6.55. The van der Waals surface area contributed by atoms with Crippen LogP contribution in [0.1, 0.15) is 28.5 Å². The lowest BCUT2D eigenvalue weighted by molar-refractivity contribution is -0.122. The third kappa shape index (κ3) is 3.21. The lowest BCUT2D eigenvalue weighted by Crippen LogP contribution is -2.32. The number of carbonyl (C=O) groups excluding carboxylic acids is 2. The summed E-state index contributed by atoms with van der Waals surface area (Å²) in [5.74, 6) is -1.51. The van der Waals surface area contributed by atoms with Gasteiger partial charge in [-0.15, -0.1) is 0 Å². The van der Waals surface area contributed by atoms with E-state index in [0.29, 0.717) is 10.7 Å². The smallest absolute Gasteiger partial charge is 0.238 e. The molecule has 3 aromatic rings. The molecule has 0 aromatic heterocycles. The molecule has 1 saturated heterocycles. The zero-order chi connectivity index (χ0) is 21.5. The van der Waals surface area contributed by atoms with Crippen molar-refractivity contribution in [2.75, 3.05) is 4.90 Å². The summed E-state index contributed by atoms with van der Waals surface area (Å²) in [5.41, 5.74) is 3.41. The summed E-state index contributed by atoms with van der Waals surface area (Å²) >= 11 is 6.33. The van der Waals surface area contributed by atoms with Gasteiger partial charge in [0.25, 0.3) is 0 Å². The third-order valence-corrected chi connectivity index (χ3v) is 6.96. The van der Waals surface area contributed by atoms with Crippen molar-refractivity contribution in [2.45, 2.75) is 18.8 Å². The van der Waals surface area contributed by atoms with E-state index in [-0.39, 0.29) is 23.7 Å². The van der Waals surface area contributed by atoms with Gasteiger partial charge in [0.2, 0.25) is 11.8 Å². The number of anilines is 1. The summed E-state index contributed by atoms with van der Waals surface area (Å²) in [4.78, 5) is 29.0. The first-order valence-electron chi connectivity index (χ1n) is 10.5. The Labute approximate surface area is 187 Å². The van der Waals surface area contributed by atoms with Crippen molar-refractivity contribution in [2.24, 2.45) is 11.8 Å². The number of allylic oxidation sites excluding steroid dienone is 2. The molecule has 4 heteroatoms. The highest BCUT2D eigenvalue weighted by atomic mass is 35.5. The molecule has 4 unspecified atom stereocenters. The average Bonchev–Trinajstić information content (AvgIpc) is 3.07. The predicted molar refractivity (Wildman–Crippen MR) is 123 cm³/mol. The summed E-state index contributed by atoms with van der Waals surface area (Å²) < 4.78 is 0. The molecule has 154 valence electrons. The Hall–Kier alpha value is -3.17. The summed E-state index contributed by atoms with van der Waals surface area (Å²) in [6.45, 7) is 1.85. The van der Waals surface area contributed by atoms with Gasteiger partial charge in [-0.1, -0.05) is 90.5 Å². The van der Waals surface area contributed by atoms with Crippen LogP contribution in [0.4, 0.5) is 5.69 Å². The molecule has 1 aliphatic heterocycles. The highest BCUT2D eigenvalue weighted by Gasteiger charge is 2.55. The molecule has 1 heterocycles. The fourth-order valence-electron chi connectivity index (χ4n) is 5.01. The fourth-order valence-corrected chi connectivity index (χ4v) is 5.18. The summed E-state index contributed by atoms with van der Waals surface area (Å²) in [5, 5.41) is 0.547. The zero-order valence-corrected chi connectivity index (χ0v) is 17.9. The van der Waals surface area contributed by atoms with Crippen molar-refractivity contribution in [3.05, 3.63) is 113 Å². The van der Waals surface area contributed by atoms with E-state index in [2.05, 4.69) is 12.2 Å². The van der Waals surface area contributed by atoms with Crippen LogP contribution >= 0.6 is 11.6 Å². The van der Waals surface area contributed by atoms with Crippen LogP contribution < -0.4 is 4.90 Å². The quantitative estimate of drug-likeness (QED) is 0.386.